The van der Waals surface area contributed by atoms with Gasteiger partial charge in [0.1, 0.15) is 35.3 Å². The number of anilines is 1. The van der Waals surface area contributed by atoms with Gasteiger partial charge in [-0.15, -0.1) is 0 Å². The normalized spacial score (nSPS) is 24.3. The van der Waals surface area contributed by atoms with Crippen LogP contribution in [-0.2, 0) is 19.5 Å². The van der Waals surface area contributed by atoms with E-state index in [0.29, 0.717) is 10.9 Å². The molecule has 0 saturated carbocycles. The summed E-state index contributed by atoms with van der Waals surface area (Å²) >= 11 is 0. The molecule has 1 fully saturated rings. The molecular formula is C24H27NO9S. The average molecular weight is 506 g/mol. The quantitative estimate of drug-likeness (QED) is 0.429. The van der Waals surface area contributed by atoms with Crippen LogP contribution in [0.25, 0.3) is 11.0 Å². The largest absolute Gasteiger partial charge is 0.462 e. The van der Waals surface area contributed by atoms with Crippen LogP contribution in [0.1, 0.15) is 19.4 Å². The smallest absolute Gasteiger partial charge is 0.360 e. The van der Waals surface area contributed by atoms with Crippen molar-refractivity contribution in [2.75, 3.05) is 11.8 Å². The molecule has 3 aromatic rings. The number of benzene rings is 2. The molecule has 1 unspecified atom stereocenters. The molecule has 3 N–H and O–H groups in total. The van der Waals surface area contributed by atoms with Gasteiger partial charge < -0.3 is 28.8 Å². The van der Waals surface area contributed by atoms with E-state index in [1.54, 1.807) is 51.1 Å². The zero-order chi connectivity index (χ0) is 25.5. The molecule has 10 nitrogen and oxygen atoms in total. The zero-order valence-corrected chi connectivity index (χ0v) is 20.4. The summed E-state index contributed by atoms with van der Waals surface area (Å²) in [6, 6.07) is 12.2. The molecule has 0 aliphatic carbocycles. The van der Waals surface area contributed by atoms with Gasteiger partial charge in [0.2, 0.25) is 6.29 Å². The van der Waals surface area contributed by atoms with Crippen molar-refractivity contribution in [1.29, 1.82) is 0 Å². The number of aliphatic hydroxyl groups excluding tert-OH is 2. The van der Waals surface area contributed by atoms with E-state index in [0.717, 1.165) is 0 Å². The van der Waals surface area contributed by atoms with Gasteiger partial charge in [0.05, 0.1) is 10.5 Å². The number of methoxy groups -OCH3 is 1. The molecule has 2 heterocycles. The molecule has 188 valence electrons. The van der Waals surface area contributed by atoms with Gasteiger partial charge >= 0.3 is 5.63 Å². The topological polar surface area (TPSA) is 145 Å². The van der Waals surface area contributed by atoms with Crippen molar-refractivity contribution in [3.63, 3.8) is 0 Å². The maximum Gasteiger partial charge on any atom is 0.360 e. The van der Waals surface area contributed by atoms with Gasteiger partial charge in [-0.2, -0.15) is 0 Å². The van der Waals surface area contributed by atoms with Gasteiger partial charge in [-0.3, -0.25) is 4.72 Å². The van der Waals surface area contributed by atoms with Crippen molar-refractivity contribution in [2.24, 2.45) is 0 Å². The minimum atomic E-state index is -3.98. The van der Waals surface area contributed by atoms with E-state index in [1.807, 2.05) is 0 Å². The van der Waals surface area contributed by atoms with Crippen LogP contribution in [0.15, 0.2) is 62.6 Å². The fraction of sp³-hybridized carbons (Fsp3) is 0.375. The van der Waals surface area contributed by atoms with Crippen LogP contribution >= 0.6 is 0 Å². The fourth-order valence-corrected chi connectivity index (χ4v) is 5.20. The van der Waals surface area contributed by atoms with Crippen molar-refractivity contribution < 1.29 is 37.3 Å². The van der Waals surface area contributed by atoms with Crippen molar-refractivity contribution in [1.82, 2.24) is 0 Å². The molecule has 2 aromatic carbocycles. The highest BCUT2D eigenvalue weighted by Crippen LogP contribution is 2.35. The molecule has 1 aliphatic rings. The Labute approximate surface area is 202 Å². The molecule has 0 amide bonds. The highest BCUT2D eigenvalue weighted by atomic mass is 32.2. The van der Waals surface area contributed by atoms with Crippen molar-refractivity contribution in [2.45, 2.75) is 55.9 Å². The Kier molecular flexibility index (Phi) is 6.64. The molecule has 0 bridgehead atoms. The van der Waals surface area contributed by atoms with Gasteiger partial charge in [0.25, 0.3) is 10.0 Å². The lowest BCUT2D eigenvalue weighted by atomic mass is 9.89. The number of nitrogens with one attached hydrogen (secondary N) is 1. The molecular weight excluding hydrogens is 478 g/mol. The van der Waals surface area contributed by atoms with Crippen LogP contribution in [0.4, 0.5) is 5.69 Å². The molecule has 4 atom stereocenters. The summed E-state index contributed by atoms with van der Waals surface area (Å²) in [5.41, 5.74) is -1.48. The summed E-state index contributed by atoms with van der Waals surface area (Å²) in [4.78, 5) is 12.6. The summed E-state index contributed by atoms with van der Waals surface area (Å²) < 4.78 is 49.9. The van der Waals surface area contributed by atoms with E-state index in [2.05, 4.69) is 4.72 Å². The minimum absolute atomic E-state index is 0.00582. The second-order valence-electron chi connectivity index (χ2n) is 8.82. The van der Waals surface area contributed by atoms with E-state index < -0.39 is 45.9 Å². The average Bonchev–Trinajstić information content (AvgIpc) is 2.80. The standard InChI is InChI=1S/C24H27NO9S/c1-13-17(32-23-19(27)18(26)21(31-4)24(2,3)34-23)11-10-14-12-16(22(28)33-20(13)14)25-35(29,30)15-8-6-5-7-9-15/h5-12,18-19,21,23,25-27H,1-4H3/t18-,19?,21+,23+/m0/s1. The number of fused-ring (bicyclic) bond motifs is 1. The SMILES string of the molecule is CO[C@@H]1[C@@H](O)C(O)[C@H](Oc2ccc3cc(NS(=O)(=O)c4ccccc4)c(=O)oc3c2C)OC1(C)C. The third kappa shape index (κ3) is 4.78. The molecule has 4 rings (SSSR count). The summed E-state index contributed by atoms with van der Waals surface area (Å²) in [7, 11) is -2.57. The molecule has 1 aliphatic heterocycles. The van der Waals surface area contributed by atoms with Gasteiger partial charge in [0, 0.05) is 18.1 Å². The van der Waals surface area contributed by atoms with Crippen LogP contribution in [-0.4, -0.2) is 55.9 Å². The molecule has 1 aromatic heterocycles. The van der Waals surface area contributed by atoms with Gasteiger partial charge in [-0.1, -0.05) is 18.2 Å². The Morgan fingerprint density at radius 1 is 1.06 bits per heavy atom. The first kappa shape index (κ1) is 25.1. The fourth-order valence-electron chi connectivity index (χ4n) is 4.14. The number of aliphatic hydroxyl groups is 2. The highest BCUT2D eigenvalue weighted by molar-refractivity contribution is 7.92. The maximum absolute atomic E-state index is 12.6. The Morgan fingerprint density at radius 3 is 2.40 bits per heavy atom. The summed E-state index contributed by atoms with van der Waals surface area (Å²) in [6.45, 7) is 5.05. The summed E-state index contributed by atoms with van der Waals surface area (Å²) in [5, 5.41) is 21.4. The minimum Gasteiger partial charge on any atom is -0.462 e. The number of aryl methyl sites for hydroxylation is 1. The lowest BCUT2D eigenvalue weighted by molar-refractivity contribution is -0.306. The van der Waals surface area contributed by atoms with Crippen molar-refractivity contribution in [3.8, 4) is 5.75 Å². The number of sulfonamides is 1. The number of hydrogen-bond acceptors (Lipinski definition) is 9. The monoisotopic (exact) mass is 505 g/mol. The second-order valence-corrected chi connectivity index (χ2v) is 10.5. The molecule has 0 spiro atoms. The number of hydrogen-bond donors (Lipinski definition) is 3. The van der Waals surface area contributed by atoms with E-state index in [9.17, 15) is 23.4 Å². The Hall–Kier alpha value is -2.96. The number of rotatable bonds is 6. The first-order chi connectivity index (χ1) is 16.4. The Balaban J connectivity index is 1.63. The first-order valence-electron chi connectivity index (χ1n) is 10.8. The predicted octanol–water partition coefficient (Wildman–Crippen LogP) is 2.15. The van der Waals surface area contributed by atoms with E-state index in [-0.39, 0.29) is 21.9 Å². The van der Waals surface area contributed by atoms with Crippen molar-refractivity contribution in [3.05, 3.63) is 64.5 Å². The molecule has 1 saturated heterocycles. The summed E-state index contributed by atoms with van der Waals surface area (Å²) in [6.07, 6.45) is -4.64. The molecule has 35 heavy (non-hydrogen) atoms. The highest BCUT2D eigenvalue weighted by Gasteiger charge is 2.50. The van der Waals surface area contributed by atoms with Crippen LogP contribution in [0.5, 0.6) is 5.75 Å². The van der Waals surface area contributed by atoms with Gasteiger partial charge in [-0.05, 0) is 51.1 Å². The third-order valence-corrected chi connectivity index (χ3v) is 7.32. The molecule has 0 radical (unpaired) electrons. The van der Waals surface area contributed by atoms with Crippen LogP contribution in [0.3, 0.4) is 0 Å². The lowest BCUT2D eigenvalue weighted by Crippen LogP contribution is -2.63. The van der Waals surface area contributed by atoms with Crippen molar-refractivity contribution >= 4 is 26.7 Å². The Morgan fingerprint density at radius 2 is 1.74 bits per heavy atom. The van der Waals surface area contributed by atoms with E-state index in [1.165, 1.54) is 25.3 Å². The summed E-state index contributed by atoms with van der Waals surface area (Å²) in [5.74, 6) is 0.251. The van der Waals surface area contributed by atoms with Crippen LogP contribution in [0.2, 0.25) is 0 Å². The molecule has 11 heteroatoms. The third-order valence-electron chi connectivity index (χ3n) is 5.94. The predicted molar refractivity (Wildman–Crippen MR) is 127 cm³/mol. The number of ether oxygens (including phenoxy) is 3. The first-order valence-corrected chi connectivity index (χ1v) is 12.3. The second kappa shape index (κ2) is 9.25. The van der Waals surface area contributed by atoms with Crippen LogP contribution < -0.4 is 15.1 Å². The maximum atomic E-state index is 12.6. The zero-order valence-electron chi connectivity index (χ0n) is 19.6. The van der Waals surface area contributed by atoms with Gasteiger partial charge in [0.15, 0.2) is 0 Å². The Bertz CT molecular complexity index is 1390. The van der Waals surface area contributed by atoms with Gasteiger partial charge in [-0.25, -0.2) is 13.2 Å². The van der Waals surface area contributed by atoms with E-state index >= 15 is 0 Å². The van der Waals surface area contributed by atoms with Crippen LogP contribution in [0, 0.1) is 6.92 Å². The lowest BCUT2D eigenvalue weighted by Gasteiger charge is -2.46. The van der Waals surface area contributed by atoms with E-state index in [4.69, 9.17) is 18.6 Å².